The number of likely N-dealkylation sites (tertiary alicyclic amines) is 1. The van der Waals surface area contributed by atoms with Gasteiger partial charge in [0.25, 0.3) is 0 Å². The zero-order valence-electron chi connectivity index (χ0n) is 19.1. The predicted molar refractivity (Wildman–Crippen MR) is 140 cm³/mol. The third kappa shape index (κ3) is 7.77. The fraction of sp³-hybridized carbons (Fsp3) is 0.522. The highest BCUT2D eigenvalue weighted by Crippen LogP contribution is 2.27. The van der Waals surface area contributed by atoms with E-state index in [0.717, 1.165) is 49.1 Å². The summed E-state index contributed by atoms with van der Waals surface area (Å²) in [6.45, 7) is 8.30. The van der Waals surface area contributed by atoms with Gasteiger partial charge in [0.05, 0.1) is 17.5 Å². The lowest BCUT2D eigenvalue weighted by atomic mass is 10.1. The number of benzene rings is 1. The summed E-state index contributed by atoms with van der Waals surface area (Å²) in [5, 5.41) is 6.70. The maximum atomic E-state index is 11.6. The number of nitrogens with one attached hydrogen (secondary N) is 2. The minimum atomic E-state index is -3.16. The first kappa shape index (κ1) is 26.7. The van der Waals surface area contributed by atoms with Crippen LogP contribution in [0.15, 0.2) is 50.7 Å². The van der Waals surface area contributed by atoms with E-state index in [0.29, 0.717) is 18.0 Å². The molecule has 0 aliphatic carbocycles. The largest absolute Gasteiger partial charge is 0.465 e. The van der Waals surface area contributed by atoms with Crippen LogP contribution in [0.2, 0.25) is 0 Å². The first-order valence-corrected chi connectivity index (χ1v) is 12.9. The summed E-state index contributed by atoms with van der Waals surface area (Å²) in [6, 6.07) is 11.3. The van der Waals surface area contributed by atoms with Gasteiger partial charge < -0.3 is 15.1 Å². The van der Waals surface area contributed by atoms with Crippen molar-refractivity contribution in [3.63, 3.8) is 0 Å². The van der Waals surface area contributed by atoms with Crippen molar-refractivity contribution in [3.05, 3.63) is 53.5 Å². The molecule has 1 saturated heterocycles. The molecule has 1 atom stereocenters. The lowest BCUT2D eigenvalue weighted by Gasteiger charge is -2.24. The number of nitrogens with zero attached hydrogens (tertiary/aromatic N) is 2. The fourth-order valence-electron chi connectivity index (χ4n) is 3.82. The Hall–Kier alpha value is -1.59. The second-order valence-electron chi connectivity index (χ2n) is 8.02. The van der Waals surface area contributed by atoms with E-state index in [1.165, 1.54) is 19.1 Å². The monoisotopic (exact) mass is 574 g/mol. The van der Waals surface area contributed by atoms with Crippen LogP contribution in [0.1, 0.15) is 42.9 Å². The Morgan fingerprint density at radius 1 is 1.12 bits per heavy atom. The Morgan fingerprint density at radius 2 is 1.81 bits per heavy atom. The smallest absolute Gasteiger partial charge is 0.191 e. The summed E-state index contributed by atoms with van der Waals surface area (Å²) in [5.41, 5.74) is 1.08. The van der Waals surface area contributed by atoms with Crippen LogP contribution in [0, 0.1) is 6.92 Å². The molecule has 0 radical (unpaired) electrons. The highest BCUT2D eigenvalue weighted by molar-refractivity contribution is 14.0. The molecule has 1 aliphatic rings. The molecule has 32 heavy (non-hydrogen) atoms. The number of aryl methyl sites for hydroxylation is 1. The van der Waals surface area contributed by atoms with Crippen molar-refractivity contribution >= 4 is 39.8 Å². The van der Waals surface area contributed by atoms with Gasteiger partial charge in [0.15, 0.2) is 15.8 Å². The van der Waals surface area contributed by atoms with Gasteiger partial charge in [0, 0.05) is 19.3 Å². The molecule has 1 aliphatic heterocycles. The summed E-state index contributed by atoms with van der Waals surface area (Å²) < 4.78 is 29.1. The van der Waals surface area contributed by atoms with Crippen molar-refractivity contribution in [3.8, 4) is 0 Å². The van der Waals surface area contributed by atoms with E-state index >= 15 is 0 Å². The number of halogens is 1. The number of rotatable bonds is 9. The summed E-state index contributed by atoms with van der Waals surface area (Å²) in [5.74, 6) is 2.68. The van der Waals surface area contributed by atoms with Crippen LogP contribution in [0.3, 0.4) is 0 Å². The van der Waals surface area contributed by atoms with Gasteiger partial charge in [-0.15, -0.1) is 24.0 Å². The minimum absolute atomic E-state index is 0. The molecule has 9 heteroatoms. The van der Waals surface area contributed by atoms with E-state index < -0.39 is 9.84 Å². The van der Waals surface area contributed by atoms with Gasteiger partial charge in [0.1, 0.15) is 11.5 Å². The van der Waals surface area contributed by atoms with Crippen molar-refractivity contribution in [2.45, 2.75) is 44.0 Å². The van der Waals surface area contributed by atoms with E-state index in [9.17, 15) is 8.42 Å². The van der Waals surface area contributed by atoms with Crippen LogP contribution in [0.4, 0.5) is 0 Å². The van der Waals surface area contributed by atoms with Crippen LogP contribution in [-0.2, 0) is 16.3 Å². The van der Waals surface area contributed by atoms with Crippen LogP contribution >= 0.6 is 24.0 Å². The molecular formula is C23H35IN4O3S. The van der Waals surface area contributed by atoms with Crippen molar-refractivity contribution in [2.24, 2.45) is 4.99 Å². The van der Waals surface area contributed by atoms with Gasteiger partial charge in [-0.25, -0.2) is 8.42 Å². The normalized spacial score (nSPS) is 15.9. The number of hydrogen-bond acceptors (Lipinski definition) is 5. The summed E-state index contributed by atoms with van der Waals surface area (Å²) in [6.07, 6.45) is 4.44. The first-order valence-electron chi connectivity index (χ1n) is 11.0. The molecule has 0 amide bonds. The Morgan fingerprint density at radius 3 is 2.38 bits per heavy atom. The fourth-order valence-corrected chi connectivity index (χ4v) is 4.45. The highest BCUT2D eigenvalue weighted by Gasteiger charge is 2.25. The Bertz CT molecular complexity index is 967. The van der Waals surface area contributed by atoms with Gasteiger partial charge in [-0.3, -0.25) is 9.89 Å². The van der Waals surface area contributed by atoms with E-state index in [4.69, 9.17) is 9.41 Å². The second-order valence-corrected chi connectivity index (χ2v) is 10.0. The van der Waals surface area contributed by atoms with Crippen LogP contribution in [0.5, 0.6) is 0 Å². The van der Waals surface area contributed by atoms with E-state index in [2.05, 4.69) is 28.5 Å². The molecule has 3 rings (SSSR count). The van der Waals surface area contributed by atoms with Crippen molar-refractivity contribution in [1.29, 1.82) is 0 Å². The molecule has 0 saturated carbocycles. The molecule has 1 unspecified atom stereocenters. The quantitative estimate of drug-likeness (QED) is 0.271. The van der Waals surface area contributed by atoms with Crippen molar-refractivity contribution < 1.29 is 12.8 Å². The third-order valence-electron chi connectivity index (χ3n) is 5.50. The molecule has 1 aromatic heterocycles. The molecule has 2 N–H and O–H groups in total. The number of aliphatic imine (C=N–C) groups is 1. The average molecular weight is 575 g/mol. The van der Waals surface area contributed by atoms with Crippen molar-refractivity contribution in [2.75, 3.05) is 39.0 Å². The van der Waals surface area contributed by atoms with Gasteiger partial charge in [0.2, 0.25) is 0 Å². The molecule has 178 valence electrons. The summed E-state index contributed by atoms with van der Waals surface area (Å²) in [4.78, 5) is 7.64. The lowest BCUT2D eigenvalue weighted by Crippen LogP contribution is -2.39. The maximum Gasteiger partial charge on any atom is 0.191 e. The molecular weight excluding hydrogens is 539 g/mol. The molecule has 2 aromatic rings. The van der Waals surface area contributed by atoms with Gasteiger partial charge in [-0.2, -0.15) is 0 Å². The number of furan rings is 1. The standard InChI is InChI=1S/C23H34N4O3S.HI/c1-4-24-23(25-14-13-19-8-10-20(11-9-19)31(3,28)29)26-17-21(27-15-5-6-16-27)22-12-7-18(2)30-22;/h7-12,21H,4-6,13-17H2,1-3H3,(H2,24,25,26);1H. The number of guanidine groups is 1. The van der Waals surface area contributed by atoms with E-state index in [1.807, 2.05) is 25.1 Å². The van der Waals surface area contributed by atoms with Gasteiger partial charge in [-0.05, 0) is 76.0 Å². The van der Waals surface area contributed by atoms with Crippen molar-refractivity contribution in [1.82, 2.24) is 15.5 Å². The summed E-state index contributed by atoms with van der Waals surface area (Å²) >= 11 is 0. The lowest BCUT2D eigenvalue weighted by molar-refractivity contribution is 0.219. The number of hydrogen-bond donors (Lipinski definition) is 2. The van der Waals surface area contributed by atoms with Crippen LogP contribution in [0.25, 0.3) is 0 Å². The maximum absolute atomic E-state index is 11.6. The molecule has 0 spiro atoms. The SMILES string of the molecule is CCNC(=NCC(c1ccc(C)o1)N1CCCC1)NCCc1ccc(S(C)(=O)=O)cc1.I. The molecule has 2 heterocycles. The van der Waals surface area contributed by atoms with Crippen LogP contribution < -0.4 is 10.6 Å². The second kappa shape index (κ2) is 12.6. The minimum Gasteiger partial charge on any atom is -0.465 e. The first-order chi connectivity index (χ1) is 14.9. The topological polar surface area (TPSA) is 86.9 Å². The van der Waals surface area contributed by atoms with E-state index in [1.54, 1.807) is 12.1 Å². The number of sulfone groups is 1. The van der Waals surface area contributed by atoms with Gasteiger partial charge >= 0.3 is 0 Å². The molecule has 1 aromatic carbocycles. The molecule has 0 bridgehead atoms. The predicted octanol–water partition coefficient (Wildman–Crippen LogP) is 3.54. The summed E-state index contributed by atoms with van der Waals surface area (Å²) in [7, 11) is -3.16. The highest BCUT2D eigenvalue weighted by atomic mass is 127. The third-order valence-corrected chi connectivity index (χ3v) is 6.62. The Kier molecular flexibility index (Phi) is 10.5. The van der Waals surface area contributed by atoms with E-state index in [-0.39, 0.29) is 30.0 Å². The molecule has 1 fully saturated rings. The Labute approximate surface area is 209 Å². The molecule has 7 nitrogen and oxygen atoms in total. The zero-order chi connectivity index (χ0) is 22.3. The van der Waals surface area contributed by atoms with Gasteiger partial charge in [-0.1, -0.05) is 12.1 Å². The average Bonchev–Trinajstić information content (AvgIpc) is 3.40. The Balaban J connectivity index is 0.00000363. The van der Waals surface area contributed by atoms with Crippen LogP contribution in [-0.4, -0.2) is 58.3 Å². The zero-order valence-corrected chi connectivity index (χ0v) is 22.3.